The normalized spacial score (nSPS) is 10.6. The third-order valence-corrected chi connectivity index (χ3v) is 3.75. The number of ether oxygens (including phenoxy) is 2. The van der Waals surface area contributed by atoms with Crippen LogP contribution in [0.4, 0.5) is 0 Å². The molecule has 2 aromatic carbocycles. The van der Waals surface area contributed by atoms with E-state index in [4.69, 9.17) is 21.1 Å². The Morgan fingerprint density at radius 1 is 1.17 bits per heavy atom. The maximum atomic E-state index is 12.2. The second-order valence-corrected chi connectivity index (χ2v) is 5.76. The fraction of sp³-hybridized carbons (Fsp3) is 0.125. The van der Waals surface area contributed by atoms with E-state index in [1.54, 1.807) is 43.5 Å². The van der Waals surface area contributed by atoms with E-state index in [2.05, 4.69) is 26.5 Å². The van der Waals surface area contributed by atoms with E-state index in [0.29, 0.717) is 22.1 Å². The van der Waals surface area contributed by atoms with Gasteiger partial charge in [0, 0.05) is 4.47 Å². The van der Waals surface area contributed by atoms with Crippen LogP contribution in [0.3, 0.4) is 0 Å². The summed E-state index contributed by atoms with van der Waals surface area (Å²) in [6, 6.07) is 10.3. The molecule has 1 N–H and O–H groups in total. The summed E-state index contributed by atoms with van der Waals surface area (Å²) in [5.41, 5.74) is 3.57. The molecule has 0 radical (unpaired) electrons. The standard InChI is InChI=1S/C16H14BrClN2O3/c1-22-14-6-4-11(17)8-12(14)16(21)20-19-9-10-3-5-15(23-2)13(18)7-10/h3-9H,1-2H3,(H,20,21)/b19-9-. The number of carbonyl (C=O) groups is 1. The van der Waals surface area contributed by atoms with Crippen molar-refractivity contribution in [1.82, 2.24) is 5.43 Å². The van der Waals surface area contributed by atoms with Crippen molar-refractivity contribution in [3.05, 3.63) is 57.0 Å². The molecule has 0 unspecified atom stereocenters. The Balaban J connectivity index is 2.10. The van der Waals surface area contributed by atoms with E-state index >= 15 is 0 Å². The Morgan fingerprint density at radius 2 is 1.87 bits per heavy atom. The number of hydrazone groups is 1. The highest BCUT2D eigenvalue weighted by atomic mass is 79.9. The zero-order chi connectivity index (χ0) is 16.8. The van der Waals surface area contributed by atoms with Gasteiger partial charge in [-0.05, 0) is 42.0 Å². The van der Waals surface area contributed by atoms with Gasteiger partial charge in [-0.15, -0.1) is 0 Å². The van der Waals surface area contributed by atoms with E-state index < -0.39 is 0 Å². The maximum Gasteiger partial charge on any atom is 0.275 e. The number of hydrogen-bond acceptors (Lipinski definition) is 4. The molecule has 120 valence electrons. The van der Waals surface area contributed by atoms with Gasteiger partial charge in [0.15, 0.2) is 0 Å². The SMILES string of the molecule is COc1ccc(/C=N\NC(=O)c2cc(Br)ccc2OC)cc1Cl. The molecule has 0 aromatic heterocycles. The van der Waals surface area contributed by atoms with Gasteiger partial charge in [0.25, 0.3) is 5.91 Å². The molecule has 1 amide bonds. The van der Waals surface area contributed by atoms with Crippen LogP contribution < -0.4 is 14.9 Å². The lowest BCUT2D eigenvalue weighted by Crippen LogP contribution is -2.18. The first-order valence-electron chi connectivity index (χ1n) is 6.55. The van der Waals surface area contributed by atoms with E-state index in [9.17, 15) is 4.79 Å². The van der Waals surface area contributed by atoms with Crippen molar-refractivity contribution in [3.8, 4) is 11.5 Å². The number of rotatable bonds is 5. The van der Waals surface area contributed by atoms with Crippen LogP contribution in [-0.4, -0.2) is 26.3 Å². The van der Waals surface area contributed by atoms with E-state index in [0.717, 1.165) is 10.0 Å². The number of nitrogens with one attached hydrogen (secondary N) is 1. The first-order chi connectivity index (χ1) is 11.0. The Kier molecular flexibility index (Phi) is 6.01. The molecule has 5 nitrogen and oxygen atoms in total. The van der Waals surface area contributed by atoms with Gasteiger partial charge >= 0.3 is 0 Å². The Morgan fingerprint density at radius 3 is 2.52 bits per heavy atom. The van der Waals surface area contributed by atoms with Gasteiger partial charge < -0.3 is 9.47 Å². The highest BCUT2D eigenvalue weighted by Gasteiger charge is 2.12. The van der Waals surface area contributed by atoms with Crippen molar-refractivity contribution in [2.45, 2.75) is 0 Å². The molecule has 2 aromatic rings. The summed E-state index contributed by atoms with van der Waals surface area (Å²) in [6.07, 6.45) is 1.49. The summed E-state index contributed by atoms with van der Waals surface area (Å²) in [5.74, 6) is 0.666. The molecular weight excluding hydrogens is 384 g/mol. The summed E-state index contributed by atoms with van der Waals surface area (Å²) in [5, 5.41) is 4.39. The average molecular weight is 398 g/mol. The van der Waals surface area contributed by atoms with E-state index in [1.165, 1.54) is 13.3 Å². The van der Waals surface area contributed by atoms with Crippen LogP contribution in [0.5, 0.6) is 11.5 Å². The predicted molar refractivity (Wildman–Crippen MR) is 93.8 cm³/mol. The number of halogens is 2. The Labute approximate surface area is 147 Å². The van der Waals surface area contributed by atoms with E-state index in [1.807, 2.05) is 0 Å². The fourth-order valence-corrected chi connectivity index (χ4v) is 2.47. The molecule has 0 atom stereocenters. The molecule has 0 aliphatic rings. The Hall–Kier alpha value is -2.05. The van der Waals surface area contributed by atoms with Crippen molar-refractivity contribution in [2.24, 2.45) is 5.10 Å². The van der Waals surface area contributed by atoms with Gasteiger partial charge in [0.05, 0.1) is 31.0 Å². The summed E-state index contributed by atoms with van der Waals surface area (Å²) in [7, 11) is 3.04. The number of benzene rings is 2. The largest absolute Gasteiger partial charge is 0.496 e. The third kappa shape index (κ3) is 4.46. The molecule has 0 saturated heterocycles. The molecule has 2 rings (SSSR count). The minimum atomic E-state index is -0.376. The van der Waals surface area contributed by atoms with Crippen molar-refractivity contribution in [1.29, 1.82) is 0 Å². The molecule has 0 heterocycles. The minimum Gasteiger partial charge on any atom is -0.496 e. The van der Waals surface area contributed by atoms with Crippen LogP contribution in [0.2, 0.25) is 5.02 Å². The molecule has 0 fully saturated rings. The highest BCUT2D eigenvalue weighted by Crippen LogP contribution is 2.24. The van der Waals surface area contributed by atoms with Crippen LogP contribution >= 0.6 is 27.5 Å². The zero-order valence-corrected chi connectivity index (χ0v) is 14.8. The lowest BCUT2D eigenvalue weighted by molar-refractivity contribution is 0.0952. The summed E-state index contributed by atoms with van der Waals surface area (Å²) < 4.78 is 11.0. The quantitative estimate of drug-likeness (QED) is 0.615. The van der Waals surface area contributed by atoms with Crippen LogP contribution in [-0.2, 0) is 0 Å². The van der Waals surface area contributed by atoms with Gasteiger partial charge in [-0.3, -0.25) is 4.79 Å². The maximum absolute atomic E-state index is 12.2. The zero-order valence-electron chi connectivity index (χ0n) is 12.5. The summed E-state index contributed by atoms with van der Waals surface area (Å²) >= 11 is 9.35. The van der Waals surface area contributed by atoms with Gasteiger partial charge in [-0.1, -0.05) is 27.5 Å². The number of carbonyl (C=O) groups excluding carboxylic acids is 1. The molecule has 0 aliphatic carbocycles. The molecular formula is C16H14BrClN2O3. The number of nitrogens with zero attached hydrogens (tertiary/aromatic N) is 1. The Bertz CT molecular complexity index is 750. The topological polar surface area (TPSA) is 59.9 Å². The average Bonchev–Trinajstić information content (AvgIpc) is 2.55. The molecule has 7 heteroatoms. The molecule has 0 bridgehead atoms. The minimum absolute atomic E-state index is 0.376. The number of hydrogen-bond donors (Lipinski definition) is 1. The summed E-state index contributed by atoms with van der Waals surface area (Å²) in [4.78, 5) is 12.2. The number of methoxy groups -OCH3 is 2. The second-order valence-electron chi connectivity index (χ2n) is 4.44. The monoisotopic (exact) mass is 396 g/mol. The predicted octanol–water partition coefficient (Wildman–Crippen LogP) is 3.88. The van der Waals surface area contributed by atoms with Crippen LogP contribution in [0.25, 0.3) is 0 Å². The van der Waals surface area contributed by atoms with E-state index in [-0.39, 0.29) is 5.91 Å². The molecule has 0 saturated carbocycles. The molecule has 0 spiro atoms. The van der Waals surface area contributed by atoms with Crippen LogP contribution in [0, 0.1) is 0 Å². The lowest BCUT2D eigenvalue weighted by Gasteiger charge is -2.07. The van der Waals surface area contributed by atoms with Gasteiger partial charge in [0.2, 0.25) is 0 Å². The fourth-order valence-electron chi connectivity index (χ4n) is 1.85. The van der Waals surface area contributed by atoms with Crippen molar-refractivity contribution < 1.29 is 14.3 Å². The van der Waals surface area contributed by atoms with Crippen LogP contribution in [0.15, 0.2) is 46.0 Å². The number of amides is 1. The van der Waals surface area contributed by atoms with Gasteiger partial charge in [-0.2, -0.15) is 5.10 Å². The van der Waals surface area contributed by atoms with Crippen molar-refractivity contribution >= 4 is 39.7 Å². The van der Waals surface area contributed by atoms with Gasteiger partial charge in [-0.25, -0.2) is 5.43 Å². The molecule has 0 aliphatic heterocycles. The molecule has 23 heavy (non-hydrogen) atoms. The third-order valence-electron chi connectivity index (χ3n) is 2.96. The smallest absolute Gasteiger partial charge is 0.275 e. The second kappa shape index (κ2) is 7.99. The van der Waals surface area contributed by atoms with Gasteiger partial charge in [0.1, 0.15) is 11.5 Å². The van der Waals surface area contributed by atoms with Crippen molar-refractivity contribution in [3.63, 3.8) is 0 Å². The summed E-state index contributed by atoms with van der Waals surface area (Å²) in [6.45, 7) is 0. The first kappa shape index (κ1) is 17.3. The highest BCUT2D eigenvalue weighted by molar-refractivity contribution is 9.10. The lowest BCUT2D eigenvalue weighted by atomic mass is 10.2. The van der Waals surface area contributed by atoms with Crippen molar-refractivity contribution in [2.75, 3.05) is 14.2 Å². The van der Waals surface area contributed by atoms with Crippen LogP contribution in [0.1, 0.15) is 15.9 Å². The first-order valence-corrected chi connectivity index (χ1v) is 7.72.